The van der Waals surface area contributed by atoms with Crippen LogP contribution in [0.15, 0.2) is 23.1 Å². The van der Waals surface area contributed by atoms with Crippen LogP contribution in [-0.4, -0.2) is 54.1 Å². The van der Waals surface area contributed by atoms with E-state index in [-0.39, 0.29) is 5.56 Å². The van der Waals surface area contributed by atoms with Crippen molar-refractivity contribution in [3.63, 3.8) is 0 Å². The Kier molecular flexibility index (Phi) is 5.34. The minimum Gasteiger partial charge on any atom is -0.398 e. The van der Waals surface area contributed by atoms with Gasteiger partial charge in [0.2, 0.25) is 0 Å². The second-order valence-electron chi connectivity index (χ2n) is 5.24. The van der Waals surface area contributed by atoms with Crippen molar-refractivity contribution in [1.29, 1.82) is 0 Å². The van der Waals surface area contributed by atoms with Crippen molar-refractivity contribution in [3.8, 4) is 0 Å². The van der Waals surface area contributed by atoms with Crippen LogP contribution < -0.4 is 11.3 Å². The smallest absolute Gasteiger partial charge is 0.250 e. The average Bonchev–Trinajstić information content (AvgIpc) is 2.42. The Labute approximate surface area is 129 Å². The average molecular weight is 331 g/mol. The van der Waals surface area contributed by atoms with Gasteiger partial charge >= 0.3 is 0 Å². The molecule has 0 spiro atoms. The molecule has 1 unspecified atom stereocenters. The van der Waals surface area contributed by atoms with E-state index in [1.165, 1.54) is 12.3 Å². The fourth-order valence-electron chi connectivity index (χ4n) is 2.43. The summed E-state index contributed by atoms with van der Waals surface area (Å²) in [5, 5.41) is -0.409. The highest BCUT2D eigenvalue weighted by atomic mass is 32.2. The third-order valence-corrected chi connectivity index (χ3v) is 6.22. The molecule has 0 bridgehead atoms. The van der Waals surface area contributed by atoms with Gasteiger partial charge in [-0.2, -0.15) is 11.8 Å². The molecule has 1 aromatic heterocycles. The summed E-state index contributed by atoms with van der Waals surface area (Å²) in [6, 6.07) is 3.03. The van der Waals surface area contributed by atoms with E-state index in [9.17, 15) is 13.2 Å². The van der Waals surface area contributed by atoms with Crippen molar-refractivity contribution in [2.24, 2.45) is 0 Å². The quantitative estimate of drug-likeness (QED) is 0.832. The molecule has 1 aliphatic heterocycles. The fourth-order valence-corrected chi connectivity index (χ4v) is 5.41. The third kappa shape index (κ3) is 4.49. The van der Waals surface area contributed by atoms with Gasteiger partial charge in [-0.25, -0.2) is 8.42 Å². The van der Waals surface area contributed by atoms with Crippen molar-refractivity contribution < 1.29 is 8.42 Å². The van der Waals surface area contributed by atoms with Crippen LogP contribution in [0, 0.1) is 0 Å². The van der Waals surface area contributed by atoms with Gasteiger partial charge in [-0.15, -0.1) is 0 Å². The topological polar surface area (TPSA) is 85.4 Å². The van der Waals surface area contributed by atoms with Crippen molar-refractivity contribution in [1.82, 2.24) is 9.47 Å². The lowest BCUT2D eigenvalue weighted by Gasteiger charge is -2.33. The van der Waals surface area contributed by atoms with E-state index >= 15 is 0 Å². The summed E-state index contributed by atoms with van der Waals surface area (Å²) in [6.45, 7) is 1.98. The molecule has 2 N–H and O–H groups in total. The van der Waals surface area contributed by atoms with Crippen LogP contribution in [0.25, 0.3) is 0 Å². The molecule has 21 heavy (non-hydrogen) atoms. The molecule has 118 valence electrons. The van der Waals surface area contributed by atoms with Crippen molar-refractivity contribution in [3.05, 3.63) is 28.7 Å². The summed E-state index contributed by atoms with van der Waals surface area (Å²) in [7, 11) is -3.07. The zero-order chi connectivity index (χ0) is 15.5. The predicted molar refractivity (Wildman–Crippen MR) is 87.3 cm³/mol. The number of aryl methyl sites for hydroxylation is 1. The summed E-state index contributed by atoms with van der Waals surface area (Å²) < 4.78 is 25.2. The third-order valence-electron chi connectivity index (χ3n) is 3.54. The second kappa shape index (κ2) is 6.85. The van der Waals surface area contributed by atoms with Gasteiger partial charge in [-0.1, -0.05) is 0 Å². The molecule has 2 rings (SSSR count). The Morgan fingerprint density at radius 2 is 2.14 bits per heavy atom. The predicted octanol–water partition coefficient (Wildman–Crippen LogP) is 0.240. The molecule has 0 aliphatic carbocycles. The molecular formula is C13H21N3O3S2. The minimum atomic E-state index is -3.07. The lowest BCUT2D eigenvalue weighted by molar-refractivity contribution is 0.261. The Hall–Kier alpha value is -0.990. The molecule has 0 aromatic carbocycles. The highest BCUT2D eigenvalue weighted by Crippen LogP contribution is 2.20. The molecule has 0 amide bonds. The van der Waals surface area contributed by atoms with Crippen LogP contribution >= 0.6 is 11.8 Å². The van der Waals surface area contributed by atoms with Gasteiger partial charge in [-0.05, 0) is 12.5 Å². The summed E-state index contributed by atoms with van der Waals surface area (Å²) in [5.41, 5.74) is 6.14. The fraction of sp³-hybridized carbons (Fsp3) is 0.615. The molecule has 8 heteroatoms. The molecule has 1 fully saturated rings. The second-order valence-corrected chi connectivity index (χ2v) is 8.60. The van der Waals surface area contributed by atoms with Gasteiger partial charge in [0.25, 0.3) is 5.56 Å². The number of anilines is 1. The van der Waals surface area contributed by atoms with Gasteiger partial charge in [0.05, 0.1) is 0 Å². The van der Waals surface area contributed by atoms with E-state index in [0.29, 0.717) is 24.5 Å². The first-order chi connectivity index (χ1) is 9.88. The van der Waals surface area contributed by atoms with E-state index in [1.807, 2.05) is 4.90 Å². The van der Waals surface area contributed by atoms with Gasteiger partial charge < -0.3 is 10.3 Å². The first-order valence-electron chi connectivity index (χ1n) is 6.84. The Balaban J connectivity index is 1.95. The van der Waals surface area contributed by atoms with Gasteiger partial charge in [-0.3, -0.25) is 9.69 Å². The van der Waals surface area contributed by atoms with Gasteiger partial charge in [0.1, 0.15) is 5.37 Å². The number of nitrogens with two attached hydrogens (primary N) is 1. The number of nitrogen functional groups attached to an aromatic ring is 1. The molecule has 1 aromatic rings. The summed E-state index contributed by atoms with van der Waals surface area (Å²) in [5.74, 6) is 1.57. The SMILES string of the molecule is CS(=O)(=O)C1CSCCN1CCCn1cc(N)ccc1=O. The summed E-state index contributed by atoms with van der Waals surface area (Å²) in [4.78, 5) is 13.7. The zero-order valence-corrected chi connectivity index (χ0v) is 13.7. The molecule has 1 aliphatic rings. The van der Waals surface area contributed by atoms with Gasteiger partial charge in [0.15, 0.2) is 9.84 Å². The molecule has 6 nitrogen and oxygen atoms in total. The van der Waals surface area contributed by atoms with E-state index in [0.717, 1.165) is 18.7 Å². The normalized spacial score (nSPS) is 20.5. The molecule has 0 saturated carbocycles. The summed E-state index contributed by atoms with van der Waals surface area (Å²) >= 11 is 1.68. The van der Waals surface area contributed by atoms with Crippen LogP contribution in [0.5, 0.6) is 0 Å². The van der Waals surface area contributed by atoms with Crippen LogP contribution in [0.1, 0.15) is 6.42 Å². The Morgan fingerprint density at radius 3 is 2.86 bits per heavy atom. The maximum atomic E-state index is 11.8. The maximum absolute atomic E-state index is 11.8. The molecular weight excluding hydrogens is 310 g/mol. The Bertz CT molecular complexity index is 642. The number of sulfone groups is 1. The number of nitrogens with zero attached hydrogens (tertiary/aromatic N) is 2. The number of thioether (sulfide) groups is 1. The lowest BCUT2D eigenvalue weighted by Crippen LogP contribution is -2.47. The highest BCUT2D eigenvalue weighted by Gasteiger charge is 2.30. The van der Waals surface area contributed by atoms with Crippen molar-refractivity contribution in [2.75, 3.05) is 36.6 Å². The lowest BCUT2D eigenvalue weighted by atomic mass is 10.3. The van der Waals surface area contributed by atoms with Crippen LogP contribution in [0.4, 0.5) is 5.69 Å². The van der Waals surface area contributed by atoms with E-state index < -0.39 is 15.2 Å². The maximum Gasteiger partial charge on any atom is 0.250 e. The molecule has 1 atom stereocenters. The zero-order valence-electron chi connectivity index (χ0n) is 12.1. The van der Waals surface area contributed by atoms with E-state index in [4.69, 9.17) is 5.73 Å². The van der Waals surface area contributed by atoms with E-state index in [2.05, 4.69) is 0 Å². The number of aromatic nitrogens is 1. The van der Waals surface area contributed by atoms with Crippen LogP contribution in [0.2, 0.25) is 0 Å². The number of hydrogen-bond donors (Lipinski definition) is 1. The van der Waals surface area contributed by atoms with Gasteiger partial charge in [0, 0.05) is 55.3 Å². The molecule has 0 radical (unpaired) electrons. The van der Waals surface area contributed by atoms with Crippen molar-refractivity contribution >= 4 is 27.3 Å². The molecule has 1 saturated heterocycles. The highest BCUT2D eigenvalue weighted by molar-refractivity contribution is 8.00. The van der Waals surface area contributed by atoms with E-state index in [1.54, 1.807) is 28.6 Å². The molecule has 2 heterocycles. The Morgan fingerprint density at radius 1 is 1.38 bits per heavy atom. The minimum absolute atomic E-state index is 0.0851. The monoisotopic (exact) mass is 331 g/mol. The number of rotatable bonds is 5. The van der Waals surface area contributed by atoms with Crippen LogP contribution in [0.3, 0.4) is 0 Å². The standard InChI is InChI=1S/C13H21N3O3S2/c1-21(18,19)13-10-20-8-7-15(13)5-2-6-16-9-11(14)3-4-12(16)17/h3-4,9,13H,2,5-8,10,14H2,1H3. The number of pyridine rings is 1. The first kappa shape index (κ1) is 16.4. The largest absolute Gasteiger partial charge is 0.398 e. The number of hydrogen-bond acceptors (Lipinski definition) is 6. The first-order valence-corrected chi connectivity index (χ1v) is 9.95. The van der Waals surface area contributed by atoms with Crippen molar-refractivity contribution in [2.45, 2.75) is 18.3 Å². The summed E-state index contributed by atoms with van der Waals surface area (Å²) in [6.07, 6.45) is 3.64. The van der Waals surface area contributed by atoms with Crippen LogP contribution in [-0.2, 0) is 16.4 Å².